The van der Waals surface area contributed by atoms with Crippen molar-refractivity contribution in [3.05, 3.63) is 17.0 Å². The number of hydrogen-bond acceptors (Lipinski definition) is 5. The molecule has 1 aromatic heterocycles. The molecule has 0 aliphatic carbocycles. The molecule has 0 N–H and O–H groups in total. The van der Waals surface area contributed by atoms with Crippen LogP contribution in [-0.2, 0) is 16.1 Å². The van der Waals surface area contributed by atoms with Crippen molar-refractivity contribution in [2.45, 2.75) is 26.5 Å². The molecule has 1 fully saturated rings. The molecule has 5 nitrogen and oxygen atoms in total. The SMILES string of the molecule is CCOCc1nc(Cl)cc(N2CCOCC2C)n1. The molecule has 0 saturated carbocycles. The van der Waals surface area contributed by atoms with Crippen LogP contribution in [0.1, 0.15) is 19.7 Å². The summed E-state index contributed by atoms with van der Waals surface area (Å²) >= 11 is 6.03. The lowest BCUT2D eigenvalue weighted by molar-refractivity contribution is 0.0982. The van der Waals surface area contributed by atoms with Gasteiger partial charge in [-0.15, -0.1) is 0 Å². The molecule has 1 aliphatic rings. The minimum absolute atomic E-state index is 0.296. The fourth-order valence-electron chi connectivity index (χ4n) is 1.92. The molecule has 0 aromatic carbocycles. The van der Waals surface area contributed by atoms with Crippen molar-refractivity contribution >= 4 is 17.4 Å². The number of hydrogen-bond donors (Lipinski definition) is 0. The molecule has 0 bridgehead atoms. The van der Waals surface area contributed by atoms with Gasteiger partial charge in [-0.25, -0.2) is 9.97 Å². The second-order valence-corrected chi connectivity index (χ2v) is 4.61. The van der Waals surface area contributed by atoms with Crippen molar-refractivity contribution in [3.8, 4) is 0 Å². The van der Waals surface area contributed by atoms with E-state index in [2.05, 4.69) is 21.8 Å². The Balaban J connectivity index is 2.18. The second-order valence-electron chi connectivity index (χ2n) is 4.22. The first-order chi connectivity index (χ1) is 8.70. The van der Waals surface area contributed by atoms with E-state index in [4.69, 9.17) is 21.1 Å². The average molecular weight is 272 g/mol. The third kappa shape index (κ3) is 3.31. The monoisotopic (exact) mass is 271 g/mol. The van der Waals surface area contributed by atoms with E-state index in [0.717, 1.165) is 12.4 Å². The van der Waals surface area contributed by atoms with Crippen molar-refractivity contribution in [1.29, 1.82) is 0 Å². The molecule has 1 unspecified atom stereocenters. The van der Waals surface area contributed by atoms with Gasteiger partial charge >= 0.3 is 0 Å². The maximum absolute atomic E-state index is 6.03. The Bertz CT molecular complexity index is 403. The van der Waals surface area contributed by atoms with E-state index >= 15 is 0 Å². The van der Waals surface area contributed by atoms with Crippen LogP contribution in [0.25, 0.3) is 0 Å². The molecule has 100 valence electrons. The standard InChI is InChI=1S/C12H18ClN3O2/c1-3-17-8-11-14-10(13)6-12(15-11)16-4-5-18-7-9(16)2/h6,9H,3-5,7-8H2,1-2H3. The van der Waals surface area contributed by atoms with Crippen LogP contribution in [0.2, 0.25) is 5.15 Å². The normalized spacial score (nSPS) is 20.2. The van der Waals surface area contributed by atoms with Crippen molar-refractivity contribution in [2.75, 3.05) is 31.3 Å². The highest BCUT2D eigenvalue weighted by Gasteiger charge is 2.21. The van der Waals surface area contributed by atoms with Crippen LogP contribution in [-0.4, -0.2) is 42.4 Å². The third-order valence-corrected chi connectivity index (χ3v) is 3.02. The zero-order valence-electron chi connectivity index (χ0n) is 10.7. The maximum atomic E-state index is 6.03. The van der Waals surface area contributed by atoms with E-state index in [1.807, 2.05) is 6.92 Å². The van der Waals surface area contributed by atoms with Crippen LogP contribution in [0.15, 0.2) is 6.07 Å². The Labute approximate surface area is 112 Å². The first kappa shape index (κ1) is 13.5. The number of halogens is 1. The second kappa shape index (κ2) is 6.31. The van der Waals surface area contributed by atoms with Crippen LogP contribution >= 0.6 is 11.6 Å². The Morgan fingerprint density at radius 3 is 3.11 bits per heavy atom. The van der Waals surface area contributed by atoms with Gasteiger partial charge in [0.2, 0.25) is 0 Å². The fourth-order valence-corrected chi connectivity index (χ4v) is 2.12. The minimum Gasteiger partial charge on any atom is -0.377 e. The lowest BCUT2D eigenvalue weighted by atomic mass is 10.2. The lowest BCUT2D eigenvalue weighted by Gasteiger charge is -2.34. The van der Waals surface area contributed by atoms with Gasteiger partial charge < -0.3 is 14.4 Å². The van der Waals surface area contributed by atoms with Gasteiger partial charge in [0.25, 0.3) is 0 Å². The van der Waals surface area contributed by atoms with E-state index in [-0.39, 0.29) is 0 Å². The van der Waals surface area contributed by atoms with E-state index < -0.39 is 0 Å². The van der Waals surface area contributed by atoms with Gasteiger partial charge in [0.15, 0.2) is 5.82 Å². The van der Waals surface area contributed by atoms with Crippen LogP contribution < -0.4 is 4.90 Å². The molecule has 1 saturated heterocycles. The topological polar surface area (TPSA) is 47.5 Å². The van der Waals surface area contributed by atoms with Crippen molar-refractivity contribution in [3.63, 3.8) is 0 Å². The summed E-state index contributed by atoms with van der Waals surface area (Å²) in [5, 5.41) is 0.452. The number of morpholine rings is 1. The summed E-state index contributed by atoms with van der Waals surface area (Å²) in [6, 6.07) is 2.09. The minimum atomic E-state index is 0.296. The molecule has 2 rings (SSSR count). The van der Waals surface area contributed by atoms with Gasteiger partial charge in [-0.2, -0.15) is 0 Å². The van der Waals surface area contributed by atoms with Gasteiger partial charge in [0.1, 0.15) is 17.6 Å². The molecular formula is C12H18ClN3O2. The van der Waals surface area contributed by atoms with Gasteiger partial charge in [-0.3, -0.25) is 0 Å². The smallest absolute Gasteiger partial charge is 0.158 e. The van der Waals surface area contributed by atoms with Crippen molar-refractivity contribution < 1.29 is 9.47 Å². The van der Waals surface area contributed by atoms with Crippen molar-refractivity contribution in [2.24, 2.45) is 0 Å². The molecule has 2 heterocycles. The van der Waals surface area contributed by atoms with Gasteiger partial charge in [-0.1, -0.05) is 11.6 Å². The predicted octanol–water partition coefficient (Wildman–Crippen LogP) is 1.89. The highest BCUT2D eigenvalue weighted by molar-refractivity contribution is 6.29. The first-order valence-electron chi connectivity index (χ1n) is 6.16. The number of nitrogens with zero attached hydrogens (tertiary/aromatic N) is 3. The number of anilines is 1. The third-order valence-electron chi connectivity index (χ3n) is 2.82. The number of rotatable bonds is 4. The fraction of sp³-hybridized carbons (Fsp3) is 0.667. The predicted molar refractivity (Wildman–Crippen MR) is 70.0 cm³/mol. The molecule has 0 radical (unpaired) electrons. The molecule has 1 aliphatic heterocycles. The van der Waals surface area contributed by atoms with Crippen molar-refractivity contribution in [1.82, 2.24) is 9.97 Å². The summed E-state index contributed by atoms with van der Waals surface area (Å²) in [6.07, 6.45) is 0. The van der Waals surface area contributed by atoms with Gasteiger partial charge in [-0.05, 0) is 13.8 Å². The largest absolute Gasteiger partial charge is 0.377 e. The Morgan fingerprint density at radius 1 is 1.56 bits per heavy atom. The van der Waals surface area contributed by atoms with Crippen LogP contribution in [0.3, 0.4) is 0 Å². The molecule has 1 aromatic rings. The molecule has 18 heavy (non-hydrogen) atoms. The summed E-state index contributed by atoms with van der Waals surface area (Å²) in [5.74, 6) is 1.47. The number of ether oxygens (including phenoxy) is 2. The molecular weight excluding hydrogens is 254 g/mol. The molecule has 6 heteroatoms. The van der Waals surface area contributed by atoms with E-state index in [0.29, 0.717) is 43.4 Å². The van der Waals surface area contributed by atoms with E-state index in [1.165, 1.54) is 0 Å². The average Bonchev–Trinajstić information content (AvgIpc) is 2.36. The Hall–Kier alpha value is -0.910. The van der Waals surface area contributed by atoms with Crippen LogP contribution in [0.4, 0.5) is 5.82 Å². The summed E-state index contributed by atoms with van der Waals surface area (Å²) in [4.78, 5) is 10.8. The summed E-state index contributed by atoms with van der Waals surface area (Å²) in [5.41, 5.74) is 0. The summed E-state index contributed by atoms with van der Waals surface area (Å²) in [6.45, 7) is 7.33. The van der Waals surface area contributed by atoms with E-state index in [1.54, 1.807) is 6.07 Å². The van der Waals surface area contributed by atoms with E-state index in [9.17, 15) is 0 Å². The first-order valence-corrected chi connectivity index (χ1v) is 6.54. The molecule has 0 spiro atoms. The summed E-state index contributed by atoms with van der Waals surface area (Å²) < 4.78 is 10.7. The zero-order valence-corrected chi connectivity index (χ0v) is 11.5. The van der Waals surface area contributed by atoms with Crippen LogP contribution in [0.5, 0.6) is 0 Å². The molecule has 0 amide bonds. The summed E-state index contributed by atoms with van der Waals surface area (Å²) in [7, 11) is 0. The zero-order chi connectivity index (χ0) is 13.0. The number of aromatic nitrogens is 2. The quantitative estimate of drug-likeness (QED) is 0.783. The Kier molecular flexibility index (Phi) is 4.74. The van der Waals surface area contributed by atoms with Gasteiger partial charge in [0, 0.05) is 19.2 Å². The van der Waals surface area contributed by atoms with Crippen LogP contribution in [0, 0.1) is 0 Å². The Morgan fingerprint density at radius 2 is 2.39 bits per heavy atom. The van der Waals surface area contributed by atoms with Gasteiger partial charge in [0.05, 0.1) is 19.3 Å². The molecule has 1 atom stereocenters. The highest BCUT2D eigenvalue weighted by atomic mass is 35.5. The maximum Gasteiger partial charge on any atom is 0.158 e. The highest BCUT2D eigenvalue weighted by Crippen LogP contribution is 2.20. The lowest BCUT2D eigenvalue weighted by Crippen LogP contribution is -2.44.